The highest BCUT2D eigenvalue weighted by Gasteiger charge is 2.27. The van der Waals surface area contributed by atoms with Crippen LogP contribution >= 0.6 is 11.8 Å². The summed E-state index contributed by atoms with van der Waals surface area (Å²) in [5.41, 5.74) is 0.712. The maximum Gasteiger partial charge on any atom is 0.259 e. The van der Waals surface area contributed by atoms with Crippen LogP contribution in [0, 0.1) is 11.3 Å². The second-order valence-corrected chi connectivity index (χ2v) is 4.32. The lowest BCUT2D eigenvalue weighted by molar-refractivity contribution is 0.0816. The van der Waals surface area contributed by atoms with Crippen molar-refractivity contribution in [2.75, 3.05) is 6.54 Å². The number of carbonyl (C=O) groups is 1. The molecule has 0 saturated heterocycles. The molecule has 0 unspecified atom stereocenters. The zero-order valence-electron chi connectivity index (χ0n) is 8.80. The number of rotatable bonds is 1. The smallest absolute Gasteiger partial charge is 0.259 e. The Bertz CT molecular complexity index is 502. The molecular weight excluding hydrogens is 220 g/mol. The van der Waals surface area contributed by atoms with E-state index in [-0.39, 0.29) is 5.91 Å². The third-order valence-electron chi connectivity index (χ3n) is 2.35. The zero-order valence-corrected chi connectivity index (χ0v) is 9.62. The molecule has 0 aromatic heterocycles. The number of nitriles is 1. The van der Waals surface area contributed by atoms with Crippen molar-refractivity contribution in [1.29, 1.82) is 5.26 Å². The van der Waals surface area contributed by atoms with Crippen molar-refractivity contribution >= 4 is 17.7 Å². The van der Waals surface area contributed by atoms with Gasteiger partial charge in [0.2, 0.25) is 0 Å². The van der Waals surface area contributed by atoms with Crippen LogP contribution in [0.5, 0.6) is 0 Å². The highest BCUT2D eigenvalue weighted by molar-refractivity contribution is 8.03. The molecule has 0 radical (unpaired) electrons. The van der Waals surface area contributed by atoms with Crippen molar-refractivity contribution in [3.8, 4) is 6.07 Å². The number of amides is 1. The minimum absolute atomic E-state index is 0.0293. The average molecular weight is 230 g/mol. The average Bonchev–Trinajstić information content (AvgIpc) is 2.30. The van der Waals surface area contributed by atoms with E-state index in [0.717, 1.165) is 4.90 Å². The molecule has 3 nitrogen and oxygen atoms in total. The fraction of sp³-hybridized carbons (Fsp3) is 0.167. The van der Waals surface area contributed by atoms with Crippen LogP contribution in [-0.2, 0) is 0 Å². The molecule has 0 bridgehead atoms. The molecule has 1 aliphatic rings. The Hall–Kier alpha value is -1.73. The third-order valence-corrected chi connectivity index (χ3v) is 3.47. The van der Waals surface area contributed by atoms with Gasteiger partial charge >= 0.3 is 0 Å². The summed E-state index contributed by atoms with van der Waals surface area (Å²) in [6, 6.07) is 9.44. The number of nitrogens with zero attached hydrogens (tertiary/aromatic N) is 2. The van der Waals surface area contributed by atoms with Crippen LogP contribution in [0.3, 0.4) is 0 Å². The second kappa shape index (κ2) is 4.42. The first-order valence-corrected chi connectivity index (χ1v) is 5.78. The summed E-state index contributed by atoms with van der Waals surface area (Å²) in [5, 5.41) is 9.39. The van der Waals surface area contributed by atoms with Gasteiger partial charge in [-0.3, -0.25) is 4.79 Å². The maximum atomic E-state index is 12.1. The molecule has 1 amide bonds. The molecule has 4 heteroatoms. The molecule has 80 valence electrons. The van der Waals surface area contributed by atoms with Crippen molar-refractivity contribution in [3.05, 3.63) is 40.9 Å². The van der Waals surface area contributed by atoms with E-state index >= 15 is 0 Å². The van der Waals surface area contributed by atoms with Crippen LogP contribution in [0.4, 0.5) is 0 Å². The van der Waals surface area contributed by atoms with Gasteiger partial charge in [-0.25, -0.2) is 0 Å². The van der Waals surface area contributed by atoms with Crippen molar-refractivity contribution in [1.82, 2.24) is 4.90 Å². The van der Waals surface area contributed by atoms with E-state index in [0.29, 0.717) is 17.1 Å². The molecule has 0 spiro atoms. The third kappa shape index (κ3) is 1.70. The summed E-state index contributed by atoms with van der Waals surface area (Å²) in [5.74, 6) is -0.0293. The van der Waals surface area contributed by atoms with Gasteiger partial charge in [-0.15, -0.1) is 0 Å². The number of thioether (sulfide) groups is 1. The Labute approximate surface area is 98.4 Å². The number of hydrogen-bond donors (Lipinski definition) is 0. The molecule has 16 heavy (non-hydrogen) atoms. The SMILES string of the molecule is CCN1C(=O)c2ccccc2S/C1=C\C#N. The Kier molecular flexibility index (Phi) is 2.97. The quantitative estimate of drug-likeness (QED) is 0.696. The molecule has 1 aromatic carbocycles. The number of fused-ring (bicyclic) bond motifs is 1. The molecule has 0 aliphatic carbocycles. The molecule has 0 N–H and O–H groups in total. The predicted octanol–water partition coefficient (Wildman–Crippen LogP) is 2.62. The molecule has 1 aliphatic heterocycles. The molecular formula is C12H10N2OS. The molecule has 0 saturated carbocycles. The van der Waals surface area contributed by atoms with Crippen LogP contribution in [0.2, 0.25) is 0 Å². The normalized spacial score (nSPS) is 17.1. The lowest BCUT2D eigenvalue weighted by Gasteiger charge is -2.28. The Morgan fingerprint density at radius 2 is 2.25 bits per heavy atom. The summed E-state index contributed by atoms with van der Waals surface area (Å²) < 4.78 is 0. The van der Waals surface area contributed by atoms with Crippen LogP contribution in [0.25, 0.3) is 0 Å². The van der Waals surface area contributed by atoms with E-state index in [4.69, 9.17) is 5.26 Å². The van der Waals surface area contributed by atoms with Gasteiger partial charge in [0.1, 0.15) is 0 Å². The monoisotopic (exact) mass is 230 g/mol. The Morgan fingerprint density at radius 3 is 2.94 bits per heavy atom. The van der Waals surface area contributed by atoms with Crippen molar-refractivity contribution in [2.45, 2.75) is 11.8 Å². The van der Waals surface area contributed by atoms with E-state index in [1.54, 1.807) is 4.90 Å². The van der Waals surface area contributed by atoms with Crippen molar-refractivity contribution < 1.29 is 4.79 Å². The zero-order chi connectivity index (χ0) is 11.5. The van der Waals surface area contributed by atoms with E-state index in [1.165, 1.54) is 17.8 Å². The van der Waals surface area contributed by atoms with Gasteiger partial charge in [-0.2, -0.15) is 5.26 Å². The van der Waals surface area contributed by atoms with Gasteiger partial charge in [0, 0.05) is 17.5 Å². The lowest BCUT2D eigenvalue weighted by Crippen LogP contribution is -2.32. The van der Waals surface area contributed by atoms with Crippen molar-refractivity contribution in [2.24, 2.45) is 0 Å². The first-order valence-electron chi connectivity index (χ1n) is 4.96. The van der Waals surface area contributed by atoms with Gasteiger partial charge in [0.15, 0.2) is 0 Å². The Morgan fingerprint density at radius 1 is 1.50 bits per heavy atom. The summed E-state index contributed by atoms with van der Waals surface area (Å²) in [6.45, 7) is 2.48. The Balaban J connectivity index is 2.51. The van der Waals surface area contributed by atoms with Gasteiger partial charge in [0.25, 0.3) is 5.91 Å². The van der Waals surface area contributed by atoms with Crippen LogP contribution in [0.15, 0.2) is 40.3 Å². The minimum Gasteiger partial charge on any atom is -0.302 e. The van der Waals surface area contributed by atoms with Gasteiger partial charge in [0.05, 0.1) is 16.7 Å². The fourth-order valence-electron chi connectivity index (χ4n) is 1.61. The van der Waals surface area contributed by atoms with Crippen LogP contribution in [-0.4, -0.2) is 17.4 Å². The molecule has 0 fully saturated rings. The summed E-state index contributed by atoms with van der Waals surface area (Å²) >= 11 is 1.46. The molecule has 1 aromatic rings. The molecule has 1 heterocycles. The van der Waals surface area contributed by atoms with Gasteiger partial charge in [-0.1, -0.05) is 23.9 Å². The summed E-state index contributed by atoms with van der Waals surface area (Å²) in [7, 11) is 0. The first-order chi connectivity index (χ1) is 7.77. The highest BCUT2D eigenvalue weighted by atomic mass is 32.2. The van der Waals surface area contributed by atoms with Crippen LogP contribution < -0.4 is 0 Å². The van der Waals surface area contributed by atoms with E-state index < -0.39 is 0 Å². The number of benzene rings is 1. The predicted molar refractivity (Wildman–Crippen MR) is 62.7 cm³/mol. The number of hydrogen-bond acceptors (Lipinski definition) is 3. The summed E-state index contributed by atoms with van der Waals surface area (Å²) in [6.07, 6.45) is 1.42. The van der Waals surface area contributed by atoms with Crippen molar-refractivity contribution in [3.63, 3.8) is 0 Å². The van der Waals surface area contributed by atoms with E-state index in [2.05, 4.69) is 0 Å². The number of carbonyl (C=O) groups excluding carboxylic acids is 1. The number of allylic oxidation sites excluding steroid dienone is 1. The van der Waals surface area contributed by atoms with E-state index in [1.807, 2.05) is 37.3 Å². The molecule has 2 rings (SSSR count). The largest absolute Gasteiger partial charge is 0.302 e. The maximum absolute atomic E-state index is 12.1. The minimum atomic E-state index is -0.0293. The van der Waals surface area contributed by atoms with Gasteiger partial charge < -0.3 is 4.90 Å². The fourth-order valence-corrected chi connectivity index (χ4v) is 2.68. The first kappa shape index (κ1) is 10.8. The topological polar surface area (TPSA) is 44.1 Å². The van der Waals surface area contributed by atoms with Gasteiger partial charge in [-0.05, 0) is 19.1 Å². The van der Waals surface area contributed by atoms with E-state index in [9.17, 15) is 4.79 Å². The van der Waals surface area contributed by atoms with Crippen LogP contribution in [0.1, 0.15) is 17.3 Å². The standard InChI is InChI=1S/C12H10N2OS/c1-2-14-11(7-8-13)16-10-6-4-3-5-9(10)12(14)15/h3-7H,2H2,1H3/b11-7-. The highest BCUT2D eigenvalue weighted by Crippen LogP contribution is 2.37. The molecule has 0 atom stereocenters. The lowest BCUT2D eigenvalue weighted by atomic mass is 10.2. The second-order valence-electron chi connectivity index (χ2n) is 3.26. The summed E-state index contributed by atoms with van der Waals surface area (Å²) in [4.78, 5) is 14.6.